The van der Waals surface area contributed by atoms with Gasteiger partial charge in [0, 0.05) is 36.3 Å². The minimum Gasteiger partial charge on any atom is -0.456 e. The van der Waals surface area contributed by atoms with E-state index in [1.54, 1.807) is 0 Å². The van der Waals surface area contributed by atoms with Crippen molar-refractivity contribution in [2.24, 2.45) is 0 Å². The van der Waals surface area contributed by atoms with Crippen molar-refractivity contribution >= 4 is 107 Å². The van der Waals surface area contributed by atoms with E-state index in [1.165, 1.54) is 118 Å². The van der Waals surface area contributed by atoms with Crippen LogP contribution in [0.5, 0.6) is 0 Å². The number of rotatable bonds is 3. The van der Waals surface area contributed by atoms with Crippen molar-refractivity contribution in [2.45, 2.75) is 0 Å². The third-order valence-electron chi connectivity index (χ3n) is 12.5. The molecule has 0 spiro atoms. The van der Waals surface area contributed by atoms with Crippen LogP contribution in [0.4, 0.5) is 0 Å². The lowest BCUT2D eigenvalue weighted by molar-refractivity contribution is 0.669. The summed E-state index contributed by atoms with van der Waals surface area (Å²) in [5, 5.41) is 17.6. The molecule has 2 heterocycles. The van der Waals surface area contributed by atoms with Crippen LogP contribution >= 0.6 is 11.3 Å². The lowest BCUT2D eigenvalue weighted by atomic mass is 9.83. The Balaban J connectivity index is 1.05. The highest BCUT2D eigenvalue weighted by Crippen LogP contribution is 2.49. The molecule has 268 valence electrons. The van der Waals surface area contributed by atoms with Crippen LogP contribution in [0.3, 0.4) is 0 Å². The maximum Gasteiger partial charge on any atom is 0.136 e. The third-order valence-corrected chi connectivity index (χ3v) is 13.7. The van der Waals surface area contributed by atoms with Crippen molar-refractivity contribution in [2.75, 3.05) is 0 Å². The molecule has 2 aromatic heterocycles. The van der Waals surface area contributed by atoms with E-state index in [9.17, 15) is 0 Å². The van der Waals surface area contributed by atoms with Crippen molar-refractivity contribution < 1.29 is 4.42 Å². The van der Waals surface area contributed by atoms with E-state index in [1.807, 2.05) is 17.4 Å². The highest BCUT2D eigenvalue weighted by molar-refractivity contribution is 7.27. The summed E-state index contributed by atoms with van der Waals surface area (Å²) in [6, 6.07) is 71.5. The second-order valence-electron chi connectivity index (χ2n) is 15.5. The molecule has 0 aliphatic rings. The SMILES string of the molecule is c1ccc2c(-c3c4ccccc4c(-c4ccc(-c5ccc6ccc7c(sc8ccc9oc%10ccccc%10c9c87)c6c5)c5ccccc45)c4ccccc34)cccc2c1. The Bertz CT molecular complexity index is 3800. The fraction of sp³-hybridized carbons (Fsp3) is 0. The summed E-state index contributed by atoms with van der Waals surface area (Å²) < 4.78 is 8.92. The van der Waals surface area contributed by atoms with Crippen LogP contribution in [-0.2, 0) is 0 Å². The van der Waals surface area contributed by atoms with Crippen LogP contribution in [0, 0.1) is 0 Å². The van der Waals surface area contributed by atoms with Crippen molar-refractivity contribution in [1.82, 2.24) is 0 Å². The van der Waals surface area contributed by atoms with E-state index in [2.05, 4.69) is 188 Å². The maximum absolute atomic E-state index is 6.32. The second kappa shape index (κ2) is 12.1. The Morgan fingerprint density at radius 3 is 1.60 bits per heavy atom. The molecule has 0 N–H and O–H groups in total. The van der Waals surface area contributed by atoms with Gasteiger partial charge >= 0.3 is 0 Å². The first kappa shape index (κ1) is 31.9. The second-order valence-corrected chi connectivity index (χ2v) is 16.5. The molecule has 0 unspecified atom stereocenters. The third kappa shape index (κ3) is 4.46. The van der Waals surface area contributed by atoms with Gasteiger partial charge in [-0.15, -0.1) is 11.3 Å². The summed E-state index contributed by atoms with van der Waals surface area (Å²) in [7, 11) is 0. The van der Waals surface area contributed by atoms with Crippen LogP contribution in [-0.4, -0.2) is 0 Å². The fourth-order valence-electron chi connectivity index (χ4n) is 9.95. The first-order valence-corrected chi connectivity index (χ1v) is 20.7. The molecule has 0 saturated heterocycles. The van der Waals surface area contributed by atoms with E-state index in [4.69, 9.17) is 4.42 Å². The Hall–Kier alpha value is -7.26. The van der Waals surface area contributed by atoms with Gasteiger partial charge in [0.25, 0.3) is 0 Å². The minimum atomic E-state index is 0.935. The van der Waals surface area contributed by atoms with Gasteiger partial charge in [0.05, 0.1) is 0 Å². The average Bonchev–Trinajstić information content (AvgIpc) is 3.86. The van der Waals surface area contributed by atoms with Crippen LogP contribution in [0.1, 0.15) is 0 Å². The molecule has 0 aliphatic heterocycles. The number of thiophene rings is 1. The lowest BCUT2D eigenvalue weighted by Crippen LogP contribution is -1.93. The minimum absolute atomic E-state index is 0.935. The molecule has 1 nitrogen and oxygen atoms in total. The predicted octanol–water partition coefficient (Wildman–Crippen LogP) is 16.7. The lowest BCUT2D eigenvalue weighted by Gasteiger charge is -2.20. The Labute approximate surface area is 337 Å². The summed E-state index contributed by atoms with van der Waals surface area (Å²) >= 11 is 1.89. The highest BCUT2D eigenvalue weighted by atomic mass is 32.1. The molecule has 0 bridgehead atoms. The van der Waals surface area contributed by atoms with Crippen molar-refractivity contribution in [3.63, 3.8) is 0 Å². The number of hydrogen-bond acceptors (Lipinski definition) is 2. The van der Waals surface area contributed by atoms with Gasteiger partial charge in [-0.05, 0) is 106 Å². The topological polar surface area (TPSA) is 13.1 Å². The van der Waals surface area contributed by atoms with Gasteiger partial charge in [0.15, 0.2) is 0 Å². The van der Waals surface area contributed by atoms with E-state index < -0.39 is 0 Å². The van der Waals surface area contributed by atoms with Crippen molar-refractivity contribution in [3.8, 4) is 33.4 Å². The van der Waals surface area contributed by atoms with E-state index in [0.717, 1.165) is 11.2 Å². The summed E-state index contributed by atoms with van der Waals surface area (Å²) in [5.41, 5.74) is 9.43. The van der Waals surface area contributed by atoms with E-state index >= 15 is 0 Å². The first-order chi connectivity index (χ1) is 28.8. The van der Waals surface area contributed by atoms with Crippen LogP contribution < -0.4 is 0 Å². The highest BCUT2D eigenvalue weighted by Gasteiger charge is 2.21. The molecule has 2 heteroatoms. The molecule has 13 rings (SSSR count). The van der Waals surface area contributed by atoms with Gasteiger partial charge in [0.1, 0.15) is 11.2 Å². The quantitative estimate of drug-likeness (QED) is 0.164. The zero-order valence-electron chi connectivity index (χ0n) is 31.3. The molecule has 58 heavy (non-hydrogen) atoms. The predicted molar refractivity (Wildman–Crippen MR) is 250 cm³/mol. The van der Waals surface area contributed by atoms with Gasteiger partial charge in [-0.1, -0.05) is 170 Å². The number of benzene rings is 11. The Morgan fingerprint density at radius 2 is 0.862 bits per heavy atom. The molecular weight excluding hydrogens is 721 g/mol. The molecule has 13 aromatic rings. The smallest absolute Gasteiger partial charge is 0.136 e. The van der Waals surface area contributed by atoms with Crippen LogP contribution in [0.2, 0.25) is 0 Å². The fourth-order valence-corrected chi connectivity index (χ4v) is 11.2. The largest absolute Gasteiger partial charge is 0.456 e. The van der Waals surface area contributed by atoms with Gasteiger partial charge in [-0.25, -0.2) is 0 Å². The normalized spacial score (nSPS) is 12.1. The van der Waals surface area contributed by atoms with Crippen LogP contribution in [0.25, 0.3) is 129 Å². The summed E-state index contributed by atoms with van der Waals surface area (Å²) in [6.07, 6.45) is 0. The first-order valence-electron chi connectivity index (χ1n) is 19.9. The van der Waals surface area contributed by atoms with Gasteiger partial charge in [-0.3, -0.25) is 0 Å². The molecule has 0 atom stereocenters. The molecule has 0 radical (unpaired) electrons. The number of para-hydroxylation sites is 1. The zero-order chi connectivity index (χ0) is 37.9. The van der Waals surface area contributed by atoms with E-state index in [-0.39, 0.29) is 0 Å². The molecular formula is C56H32OS. The summed E-state index contributed by atoms with van der Waals surface area (Å²) in [4.78, 5) is 0. The van der Waals surface area contributed by atoms with Gasteiger partial charge < -0.3 is 4.42 Å². The van der Waals surface area contributed by atoms with Crippen LogP contribution in [0.15, 0.2) is 199 Å². The van der Waals surface area contributed by atoms with Gasteiger partial charge in [0.2, 0.25) is 0 Å². The van der Waals surface area contributed by atoms with E-state index in [0.29, 0.717) is 0 Å². The molecule has 0 amide bonds. The number of furan rings is 1. The molecule has 0 saturated carbocycles. The maximum atomic E-state index is 6.32. The standard InChI is InChI=1S/C56H32OS/c1-2-14-36-33(12-1)13-11-22-40(36)52-41-17-5-7-19-43(41)53(44-20-8-6-18-42(44)52)45-29-28-37(38-15-3-4-16-39(38)45)35-25-24-34-26-27-47-55-51(58-56(47)48(34)32-35)31-30-50-54(55)46-21-9-10-23-49(46)57-50/h1-32H. The molecule has 0 fully saturated rings. The summed E-state index contributed by atoms with van der Waals surface area (Å²) in [5.74, 6) is 0. The monoisotopic (exact) mass is 752 g/mol. The number of fused-ring (bicyclic) bond motifs is 13. The van der Waals surface area contributed by atoms with Crippen molar-refractivity contribution in [1.29, 1.82) is 0 Å². The van der Waals surface area contributed by atoms with Crippen molar-refractivity contribution in [3.05, 3.63) is 194 Å². The van der Waals surface area contributed by atoms with Gasteiger partial charge in [-0.2, -0.15) is 0 Å². The average molecular weight is 753 g/mol. The Morgan fingerprint density at radius 1 is 0.310 bits per heavy atom. The molecule has 11 aromatic carbocycles. The molecule has 0 aliphatic carbocycles. The Kier molecular flexibility index (Phi) is 6.66. The zero-order valence-corrected chi connectivity index (χ0v) is 32.1. The summed E-state index contributed by atoms with van der Waals surface area (Å²) in [6.45, 7) is 0. The number of hydrogen-bond donors (Lipinski definition) is 0.